The first-order valence-corrected chi connectivity index (χ1v) is 9.59. The zero-order valence-corrected chi connectivity index (χ0v) is 16.5. The maximum atomic E-state index is 15.8. The zero-order valence-electron chi connectivity index (χ0n) is 16.5. The fraction of sp³-hybridized carbons (Fsp3) is 0.455. The predicted molar refractivity (Wildman–Crippen MR) is 105 cm³/mol. The van der Waals surface area contributed by atoms with Crippen molar-refractivity contribution >= 4 is 5.91 Å². The highest BCUT2D eigenvalue weighted by Gasteiger charge is 2.43. The number of rotatable bonds is 4. The molecule has 5 nitrogen and oxygen atoms in total. The maximum Gasteiger partial charge on any atom is 0.253 e. The number of amides is 1. The molecule has 0 bridgehead atoms. The van der Waals surface area contributed by atoms with Crippen LogP contribution in [0, 0.1) is 23.1 Å². The second-order valence-electron chi connectivity index (χ2n) is 8.43. The van der Waals surface area contributed by atoms with E-state index >= 15 is 4.39 Å². The third-order valence-corrected chi connectivity index (χ3v) is 5.29. The van der Waals surface area contributed by atoms with Gasteiger partial charge < -0.3 is 15.7 Å². The van der Waals surface area contributed by atoms with Gasteiger partial charge in [0.25, 0.3) is 5.91 Å². The lowest BCUT2D eigenvalue weighted by Gasteiger charge is -2.30. The molecule has 0 saturated carbocycles. The number of carbonyl (C=O) groups excluding carboxylic acids is 1. The van der Waals surface area contributed by atoms with Crippen molar-refractivity contribution in [1.29, 1.82) is 5.26 Å². The molecule has 1 aliphatic carbocycles. The smallest absolute Gasteiger partial charge is 0.253 e. The minimum Gasteiger partial charge on any atom is -0.390 e. The van der Waals surface area contributed by atoms with Crippen LogP contribution in [-0.2, 0) is 16.9 Å². The predicted octanol–water partition coefficient (Wildman–Crippen LogP) is 2.50. The standard InChI is InChI=1S/C22H25F2N3O2/c1-21(2,29)11-14-3-4-18(19(23)9-14)22(24)7-5-15(10-16(22)12-25)20(28)27-8-6-17(26)13-27/h3-5,7,9-10,16-17,29H,6,8,11,13,26H2,1-2H3/t16?,17-,22?/m0/s1. The van der Waals surface area contributed by atoms with Gasteiger partial charge >= 0.3 is 0 Å². The van der Waals surface area contributed by atoms with E-state index in [9.17, 15) is 19.6 Å². The van der Waals surface area contributed by atoms with Crippen molar-refractivity contribution in [3.63, 3.8) is 0 Å². The summed E-state index contributed by atoms with van der Waals surface area (Å²) in [6, 6.07) is 5.77. The second-order valence-corrected chi connectivity index (χ2v) is 8.43. The normalized spacial score (nSPS) is 26.9. The summed E-state index contributed by atoms with van der Waals surface area (Å²) in [5, 5.41) is 19.4. The van der Waals surface area contributed by atoms with Gasteiger partial charge in [-0.25, -0.2) is 8.78 Å². The maximum absolute atomic E-state index is 15.8. The molecule has 29 heavy (non-hydrogen) atoms. The van der Waals surface area contributed by atoms with E-state index in [1.807, 2.05) is 6.07 Å². The largest absolute Gasteiger partial charge is 0.390 e. The topological polar surface area (TPSA) is 90.3 Å². The van der Waals surface area contributed by atoms with E-state index in [-0.39, 0.29) is 29.5 Å². The van der Waals surface area contributed by atoms with Crippen LogP contribution >= 0.6 is 0 Å². The second kappa shape index (κ2) is 7.69. The third-order valence-electron chi connectivity index (χ3n) is 5.29. The van der Waals surface area contributed by atoms with Crippen molar-refractivity contribution in [3.05, 3.63) is 58.9 Å². The fourth-order valence-electron chi connectivity index (χ4n) is 3.84. The first-order chi connectivity index (χ1) is 13.5. The number of halogens is 2. The van der Waals surface area contributed by atoms with Gasteiger partial charge in [0, 0.05) is 36.7 Å². The number of nitriles is 1. The average Bonchev–Trinajstić information content (AvgIpc) is 3.06. The molecule has 2 aliphatic rings. The average molecular weight is 401 g/mol. The van der Waals surface area contributed by atoms with Crippen LogP contribution in [0.1, 0.15) is 31.4 Å². The summed E-state index contributed by atoms with van der Waals surface area (Å²) >= 11 is 0. The van der Waals surface area contributed by atoms with Gasteiger partial charge in [-0.1, -0.05) is 24.3 Å². The highest BCUT2D eigenvalue weighted by atomic mass is 19.1. The minimum absolute atomic E-state index is 0.0874. The highest BCUT2D eigenvalue weighted by molar-refractivity contribution is 5.97. The number of hydrogen-bond acceptors (Lipinski definition) is 4. The quantitative estimate of drug-likeness (QED) is 0.811. The number of carbonyl (C=O) groups is 1. The van der Waals surface area contributed by atoms with Crippen LogP contribution in [0.3, 0.4) is 0 Å². The van der Waals surface area contributed by atoms with E-state index in [0.29, 0.717) is 25.1 Å². The SMILES string of the molecule is CC(C)(O)Cc1ccc(C2(F)C=CC(C(=O)N3CC[C@H](N)C3)=CC2C#N)c(F)c1. The van der Waals surface area contributed by atoms with Crippen LogP contribution in [0.5, 0.6) is 0 Å². The number of allylic oxidation sites excluding steroid dienone is 2. The molecule has 7 heteroatoms. The van der Waals surface area contributed by atoms with Gasteiger partial charge in [-0.3, -0.25) is 4.79 Å². The highest BCUT2D eigenvalue weighted by Crippen LogP contribution is 2.41. The first kappa shape index (κ1) is 21.2. The van der Waals surface area contributed by atoms with Gasteiger partial charge in [0.15, 0.2) is 5.67 Å². The molecule has 154 valence electrons. The summed E-state index contributed by atoms with van der Waals surface area (Å²) in [6.07, 6.45) is 4.55. The molecule has 0 aromatic heterocycles. The lowest BCUT2D eigenvalue weighted by atomic mass is 9.78. The lowest BCUT2D eigenvalue weighted by molar-refractivity contribution is -0.125. The first-order valence-electron chi connectivity index (χ1n) is 9.59. The Hall–Kier alpha value is -2.56. The van der Waals surface area contributed by atoms with Gasteiger partial charge in [0.1, 0.15) is 11.7 Å². The Bertz CT molecular complexity index is 914. The van der Waals surface area contributed by atoms with Crippen LogP contribution < -0.4 is 5.73 Å². The number of likely N-dealkylation sites (tertiary alicyclic amines) is 1. The number of nitrogens with zero attached hydrogens (tertiary/aromatic N) is 2. The molecule has 0 radical (unpaired) electrons. The molecule has 1 saturated heterocycles. The van der Waals surface area contributed by atoms with E-state index in [2.05, 4.69) is 0 Å². The Morgan fingerprint density at radius 1 is 1.48 bits per heavy atom. The van der Waals surface area contributed by atoms with Gasteiger partial charge in [-0.15, -0.1) is 0 Å². The summed E-state index contributed by atoms with van der Waals surface area (Å²) < 4.78 is 30.5. The molecule has 2 unspecified atom stereocenters. The van der Waals surface area contributed by atoms with E-state index in [1.165, 1.54) is 30.4 Å². The van der Waals surface area contributed by atoms with E-state index < -0.39 is 23.0 Å². The summed E-state index contributed by atoms with van der Waals surface area (Å²) in [5.74, 6) is -2.46. The van der Waals surface area contributed by atoms with Crippen LogP contribution in [0.15, 0.2) is 42.0 Å². The van der Waals surface area contributed by atoms with E-state index in [1.54, 1.807) is 18.7 Å². The van der Waals surface area contributed by atoms with Gasteiger partial charge in [-0.2, -0.15) is 5.26 Å². The van der Waals surface area contributed by atoms with Crippen molar-refractivity contribution in [2.75, 3.05) is 13.1 Å². The van der Waals surface area contributed by atoms with Crippen LogP contribution in [0.2, 0.25) is 0 Å². The van der Waals surface area contributed by atoms with Gasteiger partial charge in [0.2, 0.25) is 0 Å². The summed E-state index contributed by atoms with van der Waals surface area (Å²) in [5.41, 5.74) is 2.86. The lowest BCUT2D eigenvalue weighted by Crippen LogP contribution is -2.35. The Morgan fingerprint density at radius 2 is 2.21 bits per heavy atom. The molecular weight excluding hydrogens is 376 g/mol. The molecule has 3 rings (SSSR count). The van der Waals surface area contributed by atoms with Crippen molar-refractivity contribution < 1.29 is 18.7 Å². The summed E-state index contributed by atoms with van der Waals surface area (Å²) in [7, 11) is 0. The molecular formula is C22H25F2N3O2. The molecule has 1 aromatic carbocycles. The minimum atomic E-state index is -2.39. The van der Waals surface area contributed by atoms with Gasteiger partial charge in [-0.05, 0) is 38.0 Å². The number of aliphatic hydroxyl groups is 1. The zero-order chi connectivity index (χ0) is 21.4. The molecule has 1 amide bonds. The summed E-state index contributed by atoms with van der Waals surface area (Å²) in [6.45, 7) is 4.13. The summed E-state index contributed by atoms with van der Waals surface area (Å²) in [4.78, 5) is 14.2. The third kappa shape index (κ3) is 4.39. The molecule has 1 heterocycles. The molecule has 0 spiro atoms. The van der Waals surface area contributed by atoms with Crippen molar-refractivity contribution in [2.24, 2.45) is 11.7 Å². The molecule has 1 fully saturated rings. The monoisotopic (exact) mass is 401 g/mol. The number of alkyl halides is 1. The van der Waals surface area contributed by atoms with Crippen LogP contribution in [-0.4, -0.2) is 40.6 Å². The molecule has 1 aromatic rings. The van der Waals surface area contributed by atoms with Crippen molar-refractivity contribution in [2.45, 2.75) is 44.0 Å². The Kier molecular flexibility index (Phi) is 5.61. The van der Waals surface area contributed by atoms with Crippen LogP contribution in [0.4, 0.5) is 8.78 Å². The van der Waals surface area contributed by atoms with Crippen molar-refractivity contribution in [1.82, 2.24) is 4.90 Å². The number of benzene rings is 1. The Morgan fingerprint density at radius 3 is 2.76 bits per heavy atom. The molecule has 3 atom stereocenters. The van der Waals surface area contributed by atoms with Gasteiger partial charge in [0.05, 0.1) is 11.7 Å². The number of hydrogen-bond donors (Lipinski definition) is 2. The van der Waals surface area contributed by atoms with E-state index in [0.717, 1.165) is 6.08 Å². The molecule has 1 aliphatic heterocycles. The Balaban J connectivity index is 1.87. The fourth-order valence-corrected chi connectivity index (χ4v) is 3.84. The van der Waals surface area contributed by atoms with Crippen molar-refractivity contribution in [3.8, 4) is 6.07 Å². The van der Waals surface area contributed by atoms with E-state index in [4.69, 9.17) is 5.73 Å². The number of nitrogens with two attached hydrogens (primary N) is 1. The Labute approximate surface area is 169 Å². The molecule has 3 N–H and O–H groups in total. The van der Waals surface area contributed by atoms with Crippen LogP contribution in [0.25, 0.3) is 0 Å².